The van der Waals surface area contributed by atoms with Crippen LogP contribution in [-0.4, -0.2) is 92.2 Å². The number of anilines is 3. The third-order valence-electron chi connectivity index (χ3n) is 6.25. The van der Waals surface area contributed by atoms with Gasteiger partial charge < -0.3 is 35.1 Å². The molecule has 3 rings (SSSR count). The Kier molecular flexibility index (Phi) is 13.8. The summed E-state index contributed by atoms with van der Waals surface area (Å²) >= 11 is 3.49. The Bertz CT molecular complexity index is 1130. The summed E-state index contributed by atoms with van der Waals surface area (Å²) in [5, 5.41) is 9.20. The lowest BCUT2D eigenvalue weighted by molar-refractivity contribution is -0.136. The first-order valence-corrected chi connectivity index (χ1v) is 14.5. The average Bonchev–Trinajstić information content (AvgIpc) is 2.92. The number of halogens is 1. The second kappa shape index (κ2) is 17.5. The Labute approximate surface area is 249 Å². The number of benzene rings is 1. The minimum absolute atomic E-state index is 0.0461. The van der Waals surface area contributed by atoms with Crippen LogP contribution in [0, 0.1) is 5.92 Å². The summed E-state index contributed by atoms with van der Waals surface area (Å²) < 4.78 is 16.7. The van der Waals surface area contributed by atoms with Crippen molar-refractivity contribution in [2.45, 2.75) is 32.6 Å². The minimum Gasteiger partial charge on any atom is -0.492 e. The van der Waals surface area contributed by atoms with Crippen molar-refractivity contribution in [3.8, 4) is 5.75 Å². The van der Waals surface area contributed by atoms with E-state index in [2.05, 4.69) is 41.8 Å². The van der Waals surface area contributed by atoms with Crippen molar-refractivity contribution in [2.75, 3.05) is 70.3 Å². The van der Waals surface area contributed by atoms with Gasteiger partial charge in [-0.25, -0.2) is 4.98 Å². The maximum absolute atomic E-state index is 12.3. The molecular formula is C28H39BrN6O6. The average molecular weight is 636 g/mol. The molecule has 3 N–H and O–H groups in total. The van der Waals surface area contributed by atoms with Crippen LogP contribution in [-0.2, 0) is 23.9 Å². The maximum atomic E-state index is 12.3. The molecule has 13 heteroatoms. The first-order valence-electron chi connectivity index (χ1n) is 13.7. The molecule has 0 atom stereocenters. The van der Waals surface area contributed by atoms with E-state index >= 15 is 0 Å². The van der Waals surface area contributed by atoms with Crippen LogP contribution in [0.1, 0.15) is 32.6 Å². The van der Waals surface area contributed by atoms with Crippen LogP contribution in [0.4, 0.5) is 17.5 Å². The second-order valence-electron chi connectivity index (χ2n) is 9.71. The van der Waals surface area contributed by atoms with Gasteiger partial charge in [0.2, 0.25) is 17.8 Å². The summed E-state index contributed by atoms with van der Waals surface area (Å²) in [5.41, 5.74) is 0.791. The van der Waals surface area contributed by atoms with Crippen LogP contribution in [0.5, 0.6) is 5.75 Å². The van der Waals surface area contributed by atoms with E-state index < -0.39 is 0 Å². The molecular weight excluding hydrogens is 596 g/mol. The highest BCUT2D eigenvalue weighted by Gasteiger charge is 2.27. The number of carbonyl (C=O) groups excluding carboxylic acids is 3. The molecule has 41 heavy (non-hydrogen) atoms. The molecule has 1 heterocycles. The fraction of sp³-hybridized carbons (Fsp3) is 0.536. The Morgan fingerprint density at radius 3 is 2.46 bits per heavy atom. The van der Waals surface area contributed by atoms with Crippen molar-refractivity contribution < 1.29 is 28.6 Å². The summed E-state index contributed by atoms with van der Waals surface area (Å²) in [5.74, 6) is 1.93. The van der Waals surface area contributed by atoms with E-state index in [9.17, 15) is 14.4 Å². The van der Waals surface area contributed by atoms with Crippen LogP contribution < -0.4 is 20.7 Å². The van der Waals surface area contributed by atoms with Crippen molar-refractivity contribution in [3.63, 3.8) is 0 Å². The summed E-state index contributed by atoms with van der Waals surface area (Å²) in [6.45, 7) is 3.91. The van der Waals surface area contributed by atoms with E-state index in [4.69, 9.17) is 14.2 Å². The molecule has 0 unspecified atom stereocenters. The van der Waals surface area contributed by atoms with Gasteiger partial charge in [-0.05, 0) is 66.4 Å². The standard InChI is InChI=1S/C28H39BrN6O6/c1-20(36)18-39-15-16-40-19-25(37)30-12-14-41-23-9-7-22(8-10-23)33-28-32-17-24(29)26(34-28)31-11-4-13-35(2)27(38)21-5-3-6-21/h7-10,17,21H,3-6,11-16,18-19H2,1-2H3,(H,30,37)(H2,31,32,33,34). The molecule has 1 aromatic heterocycles. The Hall–Kier alpha value is -3.29. The summed E-state index contributed by atoms with van der Waals surface area (Å²) in [6, 6.07) is 7.33. The van der Waals surface area contributed by atoms with Crippen molar-refractivity contribution in [3.05, 3.63) is 34.9 Å². The van der Waals surface area contributed by atoms with E-state index in [1.54, 1.807) is 6.20 Å². The highest BCUT2D eigenvalue weighted by atomic mass is 79.9. The Morgan fingerprint density at radius 1 is 1.05 bits per heavy atom. The first kappa shape index (κ1) is 32.2. The number of ketones is 1. The monoisotopic (exact) mass is 634 g/mol. The number of rotatable bonds is 19. The van der Waals surface area contributed by atoms with Crippen LogP contribution >= 0.6 is 15.9 Å². The maximum Gasteiger partial charge on any atom is 0.246 e. The molecule has 224 valence electrons. The summed E-state index contributed by atoms with van der Waals surface area (Å²) in [4.78, 5) is 45.5. The van der Waals surface area contributed by atoms with Crippen molar-refractivity contribution in [1.82, 2.24) is 20.2 Å². The van der Waals surface area contributed by atoms with Crippen molar-refractivity contribution in [1.29, 1.82) is 0 Å². The van der Waals surface area contributed by atoms with E-state index in [0.717, 1.165) is 35.8 Å². The molecule has 0 saturated heterocycles. The normalized spacial score (nSPS) is 12.8. The number of nitrogens with zero attached hydrogens (tertiary/aromatic N) is 3. The third-order valence-corrected chi connectivity index (χ3v) is 6.83. The van der Waals surface area contributed by atoms with Gasteiger partial charge in [0.15, 0.2) is 5.78 Å². The minimum atomic E-state index is -0.255. The zero-order valence-corrected chi connectivity index (χ0v) is 25.2. The van der Waals surface area contributed by atoms with Crippen molar-refractivity contribution in [2.24, 2.45) is 5.92 Å². The smallest absolute Gasteiger partial charge is 0.246 e. The highest BCUT2D eigenvalue weighted by Crippen LogP contribution is 2.28. The van der Waals surface area contributed by atoms with Gasteiger partial charge in [-0.2, -0.15) is 4.98 Å². The molecule has 1 saturated carbocycles. The number of amides is 2. The van der Waals surface area contributed by atoms with E-state index in [0.29, 0.717) is 43.8 Å². The quantitative estimate of drug-likeness (QED) is 0.197. The van der Waals surface area contributed by atoms with E-state index in [-0.39, 0.29) is 49.9 Å². The third kappa shape index (κ3) is 12.0. The zero-order valence-electron chi connectivity index (χ0n) is 23.6. The van der Waals surface area contributed by atoms with Gasteiger partial charge in [0, 0.05) is 37.9 Å². The second-order valence-corrected chi connectivity index (χ2v) is 10.6. The molecule has 12 nitrogen and oxygen atoms in total. The number of ether oxygens (including phenoxy) is 3. The Morgan fingerprint density at radius 2 is 1.78 bits per heavy atom. The number of aromatic nitrogens is 2. The van der Waals surface area contributed by atoms with Gasteiger partial charge in [0.05, 0.1) is 24.2 Å². The molecule has 0 bridgehead atoms. The summed E-state index contributed by atoms with van der Waals surface area (Å²) in [7, 11) is 1.87. The number of hydrogen-bond donors (Lipinski definition) is 3. The lowest BCUT2D eigenvalue weighted by Gasteiger charge is -2.29. The van der Waals surface area contributed by atoms with E-state index in [1.165, 1.54) is 6.92 Å². The van der Waals surface area contributed by atoms with Crippen molar-refractivity contribution >= 4 is 51.0 Å². The van der Waals surface area contributed by atoms with E-state index in [1.807, 2.05) is 36.2 Å². The molecule has 2 amide bonds. The van der Waals surface area contributed by atoms with Crippen LogP contribution in [0.15, 0.2) is 34.9 Å². The molecule has 0 aliphatic heterocycles. The van der Waals surface area contributed by atoms with Gasteiger partial charge in [0.1, 0.15) is 31.4 Å². The fourth-order valence-electron chi connectivity index (χ4n) is 3.82. The predicted molar refractivity (Wildman–Crippen MR) is 158 cm³/mol. The summed E-state index contributed by atoms with van der Waals surface area (Å²) in [6.07, 6.45) is 5.68. The van der Waals surface area contributed by atoms with Crippen LogP contribution in [0.25, 0.3) is 0 Å². The van der Waals surface area contributed by atoms with Crippen LogP contribution in [0.3, 0.4) is 0 Å². The molecule has 1 aromatic carbocycles. The molecule has 0 spiro atoms. The molecule has 1 fully saturated rings. The number of hydrogen-bond acceptors (Lipinski definition) is 10. The first-order chi connectivity index (χ1) is 19.8. The largest absolute Gasteiger partial charge is 0.492 e. The number of Topliss-reactive ketones (excluding diaryl/α,β-unsaturated/α-hetero) is 1. The number of nitrogens with one attached hydrogen (secondary N) is 3. The molecule has 1 aliphatic rings. The fourth-order valence-corrected chi connectivity index (χ4v) is 4.16. The molecule has 0 radical (unpaired) electrons. The lowest BCUT2D eigenvalue weighted by atomic mass is 9.84. The van der Waals surface area contributed by atoms with Crippen LogP contribution in [0.2, 0.25) is 0 Å². The zero-order chi connectivity index (χ0) is 29.5. The SMILES string of the molecule is CC(=O)COCCOCC(=O)NCCOc1ccc(Nc2ncc(Br)c(NCCCN(C)C(=O)C3CCC3)n2)cc1. The molecule has 1 aliphatic carbocycles. The number of carbonyl (C=O) groups is 3. The highest BCUT2D eigenvalue weighted by molar-refractivity contribution is 9.10. The molecule has 2 aromatic rings. The lowest BCUT2D eigenvalue weighted by Crippen LogP contribution is -2.37. The van der Waals surface area contributed by atoms with Gasteiger partial charge in [-0.15, -0.1) is 0 Å². The van der Waals surface area contributed by atoms with Gasteiger partial charge in [-0.1, -0.05) is 6.42 Å². The van der Waals surface area contributed by atoms with Gasteiger partial charge in [-0.3, -0.25) is 14.4 Å². The van der Waals surface area contributed by atoms with Gasteiger partial charge in [0.25, 0.3) is 0 Å². The van der Waals surface area contributed by atoms with Gasteiger partial charge >= 0.3 is 0 Å². The topological polar surface area (TPSA) is 144 Å². The predicted octanol–water partition coefficient (Wildman–Crippen LogP) is 3.16. The Balaban J connectivity index is 1.31.